The maximum atomic E-state index is 11.0. The van der Waals surface area contributed by atoms with E-state index in [2.05, 4.69) is 96.9 Å². The van der Waals surface area contributed by atoms with Crippen LogP contribution in [0.5, 0.6) is 0 Å². The molecule has 1 saturated heterocycles. The molecule has 4 rings (SSSR count). The van der Waals surface area contributed by atoms with E-state index >= 15 is 0 Å². The van der Waals surface area contributed by atoms with Gasteiger partial charge in [-0.2, -0.15) is 0 Å². The van der Waals surface area contributed by atoms with Gasteiger partial charge in [0, 0.05) is 24.7 Å². The quantitative estimate of drug-likeness (QED) is 0.525. The molecule has 0 amide bonds. The monoisotopic (exact) mass is 416 g/mol. The third-order valence-corrected chi connectivity index (χ3v) is 6.64. The summed E-state index contributed by atoms with van der Waals surface area (Å²) in [5.41, 5.74) is 2.63. The molecule has 0 radical (unpaired) electrons. The van der Waals surface area contributed by atoms with Crippen molar-refractivity contribution < 1.29 is 5.11 Å². The van der Waals surface area contributed by atoms with Crippen LogP contribution in [-0.4, -0.2) is 47.3 Å². The molecule has 31 heavy (non-hydrogen) atoms. The van der Waals surface area contributed by atoms with Gasteiger partial charge in [-0.05, 0) is 68.0 Å². The van der Waals surface area contributed by atoms with E-state index in [1.807, 2.05) is 0 Å². The fourth-order valence-corrected chi connectivity index (χ4v) is 4.92. The molecule has 3 heteroatoms. The number of likely N-dealkylation sites (tertiary alicyclic amines) is 1. The number of benzene rings is 3. The van der Waals surface area contributed by atoms with Crippen LogP contribution in [0.1, 0.15) is 37.8 Å². The zero-order valence-corrected chi connectivity index (χ0v) is 18.9. The van der Waals surface area contributed by atoms with Gasteiger partial charge in [0.25, 0.3) is 0 Å². The van der Waals surface area contributed by atoms with Crippen molar-refractivity contribution in [1.82, 2.24) is 10.2 Å². The van der Waals surface area contributed by atoms with Gasteiger partial charge in [-0.3, -0.25) is 4.90 Å². The third-order valence-electron chi connectivity index (χ3n) is 6.64. The first kappa shape index (κ1) is 22.0. The number of β-amino-alcohol motifs (C(OH)–C–C–N with tert-alkyl or cyclic N) is 1. The summed E-state index contributed by atoms with van der Waals surface area (Å²) in [6, 6.07) is 26.2. The largest absolute Gasteiger partial charge is 0.390 e. The second-order valence-electron chi connectivity index (χ2n) is 9.67. The Balaban J connectivity index is 1.30. The van der Waals surface area contributed by atoms with E-state index in [9.17, 15) is 5.11 Å². The summed E-state index contributed by atoms with van der Waals surface area (Å²) in [7, 11) is 0. The molecule has 1 fully saturated rings. The van der Waals surface area contributed by atoms with Crippen molar-refractivity contribution in [1.29, 1.82) is 0 Å². The summed E-state index contributed by atoms with van der Waals surface area (Å²) in [6.45, 7) is 7.21. The Hall–Kier alpha value is -2.20. The molecule has 1 aliphatic heterocycles. The molecule has 0 unspecified atom stereocenters. The van der Waals surface area contributed by atoms with Gasteiger partial charge in [-0.25, -0.2) is 0 Å². The molecule has 1 aliphatic rings. The highest BCUT2D eigenvalue weighted by molar-refractivity contribution is 5.83. The Bertz CT molecular complexity index is 969. The minimum Gasteiger partial charge on any atom is -0.390 e. The zero-order chi connectivity index (χ0) is 21.7. The molecule has 0 spiro atoms. The van der Waals surface area contributed by atoms with E-state index in [1.165, 1.54) is 28.3 Å². The Morgan fingerprint density at radius 3 is 2.52 bits per heavy atom. The van der Waals surface area contributed by atoms with Gasteiger partial charge in [0.05, 0.1) is 6.10 Å². The van der Waals surface area contributed by atoms with E-state index in [-0.39, 0.29) is 17.7 Å². The lowest BCUT2D eigenvalue weighted by Crippen LogP contribution is -2.50. The van der Waals surface area contributed by atoms with E-state index in [4.69, 9.17) is 0 Å². The fourth-order valence-electron chi connectivity index (χ4n) is 4.92. The topological polar surface area (TPSA) is 35.5 Å². The van der Waals surface area contributed by atoms with E-state index in [1.54, 1.807) is 0 Å². The maximum Gasteiger partial charge on any atom is 0.0819 e. The summed E-state index contributed by atoms with van der Waals surface area (Å²) < 4.78 is 0. The average Bonchev–Trinajstić information content (AvgIpc) is 3.25. The summed E-state index contributed by atoms with van der Waals surface area (Å²) in [5, 5.41) is 17.2. The molecule has 0 bridgehead atoms. The Morgan fingerprint density at radius 1 is 0.968 bits per heavy atom. The van der Waals surface area contributed by atoms with E-state index in [0.717, 1.165) is 32.4 Å². The number of hydrogen-bond acceptors (Lipinski definition) is 3. The molecule has 0 saturated carbocycles. The average molecular weight is 417 g/mol. The van der Waals surface area contributed by atoms with Crippen LogP contribution in [0.2, 0.25) is 0 Å². The van der Waals surface area contributed by atoms with Crippen LogP contribution >= 0.6 is 0 Å². The number of rotatable bonds is 9. The molecule has 2 atom stereocenters. The van der Waals surface area contributed by atoms with Crippen LogP contribution in [0.4, 0.5) is 0 Å². The normalized spacial score (nSPS) is 18.5. The summed E-state index contributed by atoms with van der Waals surface area (Å²) >= 11 is 0. The van der Waals surface area contributed by atoms with Crippen molar-refractivity contribution in [3.05, 3.63) is 83.9 Å². The van der Waals surface area contributed by atoms with Gasteiger partial charge in [0.15, 0.2) is 0 Å². The van der Waals surface area contributed by atoms with Crippen LogP contribution in [0.15, 0.2) is 72.8 Å². The van der Waals surface area contributed by atoms with Gasteiger partial charge in [0.2, 0.25) is 0 Å². The molecule has 2 N–H and O–H groups in total. The molecule has 3 aromatic rings. The Kier molecular flexibility index (Phi) is 7.06. The first-order chi connectivity index (χ1) is 15.0. The highest BCUT2D eigenvalue weighted by Gasteiger charge is 2.31. The number of aliphatic hydroxyl groups is 1. The van der Waals surface area contributed by atoms with E-state index in [0.29, 0.717) is 6.54 Å². The van der Waals surface area contributed by atoms with Crippen LogP contribution < -0.4 is 5.32 Å². The number of hydrogen-bond donors (Lipinski definition) is 2. The van der Waals surface area contributed by atoms with Crippen molar-refractivity contribution in [2.24, 2.45) is 0 Å². The predicted octanol–water partition coefficient (Wildman–Crippen LogP) is 4.82. The van der Waals surface area contributed by atoms with E-state index < -0.39 is 0 Å². The van der Waals surface area contributed by atoms with Crippen molar-refractivity contribution in [2.45, 2.75) is 57.2 Å². The predicted molar refractivity (Wildman–Crippen MR) is 130 cm³/mol. The van der Waals surface area contributed by atoms with Crippen LogP contribution in [-0.2, 0) is 12.8 Å². The molecule has 1 heterocycles. The van der Waals surface area contributed by atoms with Gasteiger partial charge in [-0.15, -0.1) is 0 Å². The maximum absolute atomic E-state index is 11.0. The number of nitrogens with zero attached hydrogens (tertiary/aromatic N) is 1. The standard InChI is InChI=1S/C28H36N2O/c1-28(2,20-23-14-15-24-11-6-7-12-25(24)19-23)29-21-27(31)26-13-8-17-30(26)18-16-22-9-4-3-5-10-22/h3-7,9-12,14-15,19,26-27,29,31H,8,13,16-18,20-21H2,1-2H3/t26-,27-/m1/s1. The van der Waals surface area contributed by atoms with Crippen molar-refractivity contribution in [3.8, 4) is 0 Å². The Labute approximate surface area is 187 Å². The molecule has 0 aromatic heterocycles. The third kappa shape index (κ3) is 5.94. The molecule has 164 valence electrons. The molecule has 3 nitrogen and oxygen atoms in total. The van der Waals surface area contributed by atoms with Crippen LogP contribution in [0.25, 0.3) is 10.8 Å². The first-order valence-electron chi connectivity index (χ1n) is 11.7. The van der Waals surface area contributed by atoms with Gasteiger partial charge < -0.3 is 10.4 Å². The van der Waals surface area contributed by atoms with Gasteiger partial charge in [-0.1, -0.05) is 72.8 Å². The number of fused-ring (bicyclic) bond motifs is 1. The second-order valence-corrected chi connectivity index (χ2v) is 9.67. The second kappa shape index (κ2) is 9.95. The first-order valence-corrected chi connectivity index (χ1v) is 11.7. The fraction of sp³-hybridized carbons (Fsp3) is 0.429. The summed E-state index contributed by atoms with van der Waals surface area (Å²) in [5.74, 6) is 0. The van der Waals surface area contributed by atoms with Crippen LogP contribution in [0.3, 0.4) is 0 Å². The summed E-state index contributed by atoms with van der Waals surface area (Å²) in [6.07, 6.45) is 3.91. The highest BCUT2D eigenvalue weighted by Crippen LogP contribution is 2.22. The summed E-state index contributed by atoms with van der Waals surface area (Å²) in [4.78, 5) is 2.48. The zero-order valence-electron chi connectivity index (χ0n) is 18.9. The number of nitrogens with one attached hydrogen (secondary N) is 1. The lowest BCUT2D eigenvalue weighted by molar-refractivity contribution is 0.0672. The van der Waals surface area contributed by atoms with Crippen molar-refractivity contribution in [2.75, 3.05) is 19.6 Å². The SMILES string of the molecule is CC(C)(Cc1ccc2ccccc2c1)NC[C@@H](O)[C@H]1CCCN1CCc1ccccc1. The Morgan fingerprint density at radius 2 is 1.71 bits per heavy atom. The minimum atomic E-state index is -0.339. The van der Waals surface area contributed by atoms with Gasteiger partial charge >= 0.3 is 0 Å². The van der Waals surface area contributed by atoms with Crippen LogP contribution in [0, 0.1) is 0 Å². The highest BCUT2D eigenvalue weighted by atomic mass is 16.3. The van der Waals surface area contributed by atoms with Crippen molar-refractivity contribution in [3.63, 3.8) is 0 Å². The number of aliphatic hydroxyl groups excluding tert-OH is 1. The lowest BCUT2D eigenvalue weighted by Gasteiger charge is -2.33. The molecule has 3 aromatic carbocycles. The smallest absolute Gasteiger partial charge is 0.0819 e. The van der Waals surface area contributed by atoms with Crippen molar-refractivity contribution >= 4 is 10.8 Å². The molecule has 0 aliphatic carbocycles. The molecular formula is C28H36N2O. The van der Waals surface area contributed by atoms with Gasteiger partial charge in [0.1, 0.15) is 0 Å². The lowest BCUT2D eigenvalue weighted by atomic mass is 9.93. The molecular weight excluding hydrogens is 380 g/mol. The minimum absolute atomic E-state index is 0.0725.